The second-order valence-corrected chi connectivity index (χ2v) is 6.64. The molecule has 0 aliphatic carbocycles. The van der Waals surface area contributed by atoms with Crippen molar-refractivity contribution in [2.24, 2.45) is 0 Å². The Hall–Kier alpha value is -2.73. The van der Waals surface area contributed by atoms with E-state index in [1.807, 2.05) is 30.3 Å². The van der Waals surface area contributed by atoms with Crippen molar-refractivity contribution >= 4 is 11.7 Å². The minimum absolute atomic E-state index is 0.0567. The van der Waals surface area contributed by atoms with Gasteiger partial charge in [0.25, 0.3) is 5.69 Å². The van der Waals surface area contributed by atoms with Crippen molar-refractivity contribution in [3.63, 3.8) is 0 Å². The molecule has 6 heteroatoms. The Morgan fingerprint density at radius 3 is 2.50 bits per heavy atom. The summed E-state index contributed by atoms with van der Waals surface area (Å²) < 4.78 is 5.97. The van der Waals surface area contributed by atoms with Crippen molar-refractivity contribution in [1.82, 2.24) is 5.32 Å². The fourth-order valence-corrected chi connectivity index (χ4v) is 3.48. The molecule has 1 saturated heterocycles. The second kappa shape index (κ2) is 7.66. The van der Waals surface area contributed by atoms with Crippen LogP contribution in [0.5, 0.6) is 0 Å². The van der Waals surface area contributed by atoms with Crippen LogP contribution in [0.25, 0.3) is 0 Å². The maximum atomic E-state index is 12.6. The molecule has 2 aromatic carbocycles. The summed E-state index contributed by atoms with van der Waals surface area (Å²) in [5, 5.41) is 14.2. The molecule has 0 atom stereocenters. The van der Waals surface area contributed by atoms with Gasteiger partial charge in [-0.1, -0.05) is 36.4 Å². The van der Waals surface area contributed by atoms with Crippen molar-refractivity contribution in [2.75, 3.05) is 13.1 Å². The number of esters is 1. The summed E-state index contributed by atoms with van der Waals surface area (Å²) >= 11 is 0. The number of nitrogens with zero attached hydrogens (tertiary/aromatic N) is 1. The Morgan fingerprint density at radius 2 is 1.88 bits per heavy atom. The average Bonchev–Trinajstić information content (AvgIpc) is 2.63. The lowest BCUT2D eigenvalue weighted by Gasteiger charge is -2.37. The average molecular weight is 354 g/mol. The van der Waals surface area contributed by atoms with Crippen LogP contribution in [0.3, 0.4) is 0 Å². The Balaban J connectivity index is 1.77. The molecule has 0 amide bonds. The molecule has 0 spiro atoms. The quantitative estimate of drug-likeness (QED) is 0.506. The van der Waals surface area contributed by atoms with Crippen molar-refractivity contribution in [3.8, 4) is 0 Å². The van der Waals surface area contributed by atoms with Crippen LogP contribution in [0.4, 0.5) is 5.69 Å². The molecule has 26 heavy (non-hydrogen) atoms. The zero-order chi connectivity index (χ0) is 18.6. The molecule has 1 aliphatic rings. The Kier molecular flexibility index (Phi) is 5.32. The third-order valence-corrected chi connectivity index (χ3v) is 4.83. The van der Waals surface area contributed by atoms with E-state index >= 15 is 0 Å². The van der Waals surface area contributed by atoms with E-state index in [1.54, 1.807) is 19.1 Å². The van der Waals surface area contributed by atoms with Gasteiger partial charge in [0.1, 0.15) is 5.60 Å². The highest BCUT2D eigenvalue weighted by Crippen LogP contribution is 2.35. The Bertz CT molecular complexity index is 799. The number of carbonyl (C=O) groups is 1. The number of hydrogen-bond donors (Lipinski definition) is 1. The van der Waals surface area contributed by atoms with Gasteiger partial charge in [0.15, 0.2) is 0 Å². The predicted molar refractivity (Wildman–Crippen MR) is 97.9 cm³/mol. The van der Waals surface area contributed by atoms with E-state index in [9.17, 15) is 14.9 Å². The van der Waals surface area contributed by atoms with Crippen LogP contribution >= 0.6 is 0 Å². The van der Waals surface area contributed by atoms with E-state index in [0.29, 0.717) is 5.56 Å². The topological polar surface area (TPSA) is 81.5 Å². The first-order valence-electron chi connectivity index (χ1n) is 8.72. The lowest BCUT2D eigenvalue weighted by atomic mass is 9.84. The van der Waals surface area contributed by atoms with Crippen LogP contribution in [-0.2, 0) is 21.6 Å². The monoisotopic (exact) mass is 354 g/mol. The molecule has 3 rings (SSSR count). The number of nitrogens with one attached hydrogen (secondary N) is 1. The third-order valence-electron chi connectivity index (χ3n) is 4.83. The number of hydrogen-bond acceptors (Lipinski definition) is 5. The Labute approximate surface area is 152 Å². The Morgan fingerprint density at radius 1 is 1.19 bits per heavy atom. The van der Waals surface area contributed by atoms with Gasteiger partial charge in [-0.25, -0.2) is 0 Å². The maximum Gasteiger partial charge on any atom is 0.311 e. The van der Waals surface area contributed by atoms with E-state index in [2.05, 4.69) is 5.32 Å². The van der Waals surface area contributed by atoms with Gasteiger partial charge < -0.3 is 10.1 Å². The minimum Gasteiger partial charge on any atom is -0.454 e. The van der Waals surface area contributed by atoms with Crippen LogP contribution in [0.1, 0.15) is 29.5 Å². The van der Waals surface area contributed by atoms with E-state index in [-0.39, 0.29) is 18.1 Å². The number of ether oxygens (including phenoxy) is 1. The summed E-state index contributed by atoms with van der Waals surface area (Å²) in [7, 11) is 0. The molecular weight excluding hydrogens is 332 g/mol. The molecule has 1 aliphatic heterocycles. The number of nitro groups is 1. The molecule has 1 heterocycles. The standard InChI is InChI=1S/C20H22N2O4/c1-15-13-16(7-8-18(15)22(24)25)14-19(23)26-20(9-11-21-12-10-20)17-5-3-2-4-6-17/h2-8,13,21H,9-12,14H2,1H3. The van der Waals surface area contributed by atoms with E-state index < -0.39 is 10.5 Å². The van der Waals surface area contributed by atoms with Crippen molar-refractivity contribution < 1.29 is 14.5 Å². The summed E-state index contributed by atoms with van der Waals surface area (Å²) in [5.74, 6) is -0.316. The molecule has 0 radical (unpaired) electrons. The lowest BCUT2D eigenvalue weighted by Crippen LogP contribution is -2.43. The number of rotatable bonds is 5. The van der Waals surface area contributed by atoms with Gasteiger partial charge in [-0.15, -0.1) is 0 Å². The number of aryl methyl sites for hydroxylation is 1. The molecular formula is C20H22N2O4. The van der Waals surface area contributed by atoms with Crippen molar-refractivity contribution in [3.05, 3.63) is 75.3 Å². The molecule has 0 bridgehead atoms. The zero-order valence-electron chi connectivity index (χ0n) is 14.7. The van der Waals surface area contributed by atoms with Crippen LogP contribution < -0.4 is 5.32 Å². The summed E-state index contributed by atoms with van der Waals surface area (Å²) in [4.78, 5) is 23.1. The fraction of sp³-hybridized carbons (Fsp3) is 0.350. The van der Waals surface area contributed by atoms with E-state index in [4.69, 9.17) is 4.74 Å². The van der Waals surface area contributed by atoms with Gasteiger partial charge in [0.05, 0.1) is 11.3 Å². The van der Waals surface area contributed by atoms with E-state index in [1.165, 1.54) is 6.07 Å². The van der Waals surface area contributed by atoms with Crippen molar-refractivity contribution in [1.29, 1.82) is 0 Å². The largest absolute Gasteiger partial charge is 0.454 e. The number of nitro benzene ring substituents is 1. The molecule has 0 saturated carbocycles. The first-order chi connectivity index (χ1) is 12.5. The molecule has 6 nitrogen and oxygen atoms in total. The highest BCUT2D eigenvalue weighted by Gasteiger charge is 2.37. The summed E-state index contributed by atoms with van der Waals surface area (Å²) in [5.41, 5.74) is 1.71. The highest BCUT2D eigenvalue weighted by atomic mass is 16.6. The van der Waals surface area contributed by atoms with Crippen LogP contribution in [-0.4, -0.2) is 24.0 Å². The van der Waals surface area contributed by atoms with Gasteiger partial charge in [0, 0.05) is 24.5 Å². The molecule has 2 aromatic rings. The molecule has 136 valence electrons. The fourth-order valence-electron chi connectivity index (χ4n) is 3.48. The van der Waals surface area contributed by atoms with Crippen LogP contribution in [0.15, 0.2) is 48.5 Å². The smallest absolute Gasteiger partial charge is 0.311 e. The molecule has 1 fully saturated rings. The maximum absolute atomic E-state index is 12.6. The lowest BCUT2D eigenvalue weighted by molar-refractivity contribution is -0.385. The SMILES string of the molecule is Cc1cc(CC(=O)OC2(c3ccccc3)CCNCC2)ccc1[N+](=O)[O-]. The zero-order valence-corrected chi connectivity index (χ0v) is 14.7. The number of benzene rings is 2. The number of piperidine rings is 1. The summed E-state index contributed by atoms with van der Waals surface area (Å²) in [6.45, 7) is 3.25. The van der Waals surface area contributed by atoms with Crippen LogP contribution in [0.2, 0.25) is 0 Å². The van der Waals surface area contributed by atoms with Gasteiger partial charge >= 0.3 is 5.97 Å². The van der Waals surface area contributed by atoms with Crippen molar-refractivity contribution in [2.45, 2.75) is 31.8 Å². The van der Waals surface area contributed by atoms with Gasteiger partial charge in [-0.3, -0.25) is 14.9 Å². The second-order valence-electron chi connectivity index (χ2n) is 6.64. The minimum atomic E-state index is -0.612. The highest BCUT2D eigenvalue weighted by molar-refractivity contribution is 5.73. The van der Waals surface area contributed by atoms with Gasteiger partial charge in [0.2, 0.25) is 0 Å². The third kappa shape index (κ3) is 3.91. The molecule has 0 aromatic heterocycles. The predicted octanol–water partition coefficient (Wildman–Crippen LogP) is 3.27. The first-order valence-corrected chi connectivity index (χ1v) is 8.72. The normalized spacial score (nSPS) is 16.0. The van der Waals surface area contributed by atoms with Gasteiger partial charge in [-0.2, -0.15) is 0 Å². The molecule has 0 unspecified atom stereocenters. The van der Waals surface area contributed by atoms with Gasteiger partial charge in [-0.05, 0) is 37.2 Å². The van der Waals surface area contributed by atoms with Crippen LogP contribution in [0, 0.1) is 17.0 Å². The first kappa shape index (κ1) is 18.1. The summed E-state index contributed by atoms with van der Waals surface area (Å²) in [6, 6.07) is 14.6. The molecule has 1 N–H and O–H groups in total. The van der Waals surface area contributed by atoms with E-state index in [0.717, 1.165) is 37.1 Å². The number of carbonyl (C=O) groups excluding carboxylic acids is 1. The summed E-state index contributed by atoms with van der Waals surface area (Å²) in [6.07, 6.45) is 1.55.